The van der Waals surface area contributed by atoms with Gasteiger partial charge >= 0.3 is 0 Å². The Balaban J connectivity index is 1.95. The van der Waals surface area contributed by atoms with Crippen LogP contribution in [0, 0.1) is 0 Å². The highest BCUT2D eigenvalue weighted by molar-refractivity contribution is 7.89. The van der Waals surface area contributed by atoms with Crippen LogP contribution in [0.1, 0.15) is 12.5 Å². The van der Waals surface area contributed by atoms with Gasteiger partial charge < -0.3 is 5.32 Å². The molecule has 27 heavy (non-hydrogen) atoms. The van der Waals surface area contributed by atoms with Crippen LogP contribution < -0.4 is 10.0 Å². The van der Waals surface area contributed by atoms with Crippen molar-refractivity contribution >= 4 is 55.6 Å². The molecular formula is C19H16Cl2N2O3S. The minimum absolute atomic E-state index is 0.0704. The molecule has 0 fully saturated rings. The van der Waals surface area contributed by atoms with Gasteiger partial charge in [0, 0.05) is 29.9 Å². The molecule has 5 nitrogen and oxygen atoms in total. The van der Waals surface area contributed by atoms with Crippen LogP contribution in [-0.2, 0) is 21.4 Å². The largest absolute Gasteiger partial charge is 0.326 e. The summed E-state index contributed by atoms with van der Waals surface area (Å²) in [5, 5.41) is 4.64. The molecule has 0 saturated carbocycles. The summed E-state index contributed by atoms with van der Waals surface area (Å²) in [6, 6.07) is 15.0. The normalized spacial score (nSPS) is 11.5. The predicted octanol–water partition coefficient (Wildman–Crippen LogP) is 4.58. The second-order valence-corrected chi connectivity index (χ2v) is 8.46. The van der Waals surface area contributed by atoms with E-state index in [0.29, 0.717) is 32.1 Å². The summed E-state index contributed by atoms with van der Waals surface area (Å²) >= 11 is 11.9. The molecule has 0 aliphatic carbocycles. The Labute approximate surface area is 167 Å². The van der Waals surface area contributed by atoms with Crippen LogP contribution in [0.25, 0.3) is 10.8 Å². The fourth-order valence-electron chi connectivity index (χ4n) is 2.72. The Kier molecular flexibility index (Phi) is 5.72. The number of amides is 1. The van der Waals surface area contributed by atoms with Crippen LogP contribution in [0.5, 0.6) is 0 Å². The molecule has 3 aromatic rings. The zero-order valence-corrected chi connectivity index (χ0v) is 16.6. The number of rotatable bonds is 5. The van der Waals surface area contributed by atoms with E-state index < -0.39 is 10.0 Å². The highest BCUT2D eigenvalue weighted by atomic mass is 35.5. The first-order valence-electron chi connectivity index (χ1n) is 8.01. The highest BCUT2D eigenvalue weighted by Crippen LogP contribution is 2.29. The number of halogens is 2. The lowest BCUT2D eigenvalue weighted by Crippen LogP contribution is -2.23. The van der Waals surface area contributed by atoms with Gasteiger partial charge in [0.2, 0.25) is 15.9 Å². The smallest absolute Gasteiger partial charge is 0.241 e. The lowest BCUT2D eigenvalue weighted by molar-refractivity contribution is -0.114. The topological polar surface area (TPSA) is 75.3 Å². The van der Waals surface area contributed by atoms with Gasteiger partial charge in [0.25, 0.3) is 0 Å². The molecule has 2 N–H and O–H groups in total. The molecule has 0 saturated heterocycles. The lowest BCUT2D eigenvalue weighted by Gasteiger charge is -2.12. The molecular weight excluding hydrogens is 407 g/mol. The number of hydrogen-bond acceptors (Lipinski definition) is 3. The van der Waals surface area contributed by atoms with Crippen molar-refractivity contribution in [1.29, 1.82) is 0 Å². The van der Waals surface area contributed by atoms with Crippen LogP contribution in [0.15, 0.2) is 59.5 Å². The maximum atomic E-state index is 12.8. The summed E-state index contributed by atoms with van der Waals surface area (Å²) in [6.07, 6.45) is 0. The molecule has 8 heteroatoms. The molecule has 0 atom stereocenters. The number of carbonyl (C=O) groups excluding carboxylic acids is 1. The van der Waals surface area contributed by atoms with Crippen LogP contribution in [0.2, 0.25) is 10.0 Å². The van der Waals surface area contributed by atoms with Gasteiger partial charge in [0.05, 0.1) is 14.9 Å². The zero-order valence-electron chi connectivity index (χ0n) is 14.3. The Morgan fingerprint density at radius 3 is 2.37 bits per heavy atom. The van der Waals surface area contributed by atoms with E-state index in [1.54, 1.807) is 48.5 Å². The molecule has 0 spiro atoms. The molecule has 0 unspecified atom stereocenters. The molecule has 0 radical (unpaired) electrons. The Morgan fingerprint density at radius 1 is 0.963 bits per heavy atom. The first-order valence-corrected chi connectivity index (χ1v) is 10.2. The van der Waals surface area contributed by atoms with E-state index in [1.807, 2.05) is 0 Å². The molecule has 1 amide bonds. The maximum Gasteiger partial charge on any atom is 0.241 e. The number of anilines is 1. The average molecular weight is 423 g/mol. The quantitative estimate of drug-likeness (QED) is 0.631. The summed E-state index contributed by atoms with van der Waals surface area (Å²) in [6.45, 7) is 1.47. The van der Waals surface area contributed by atoms with Crippen molar-refractivity contribution in [2.75, 3.05) is 5.32 Å². The zero-order chi connectivity index (χ0) is 19.6. The number of sulfonamides is 1. The highest BCUT2D eigenvalue weighted by Gasteiger charge is 2.18. The first-order chi connectivity index (χ1) is 12.8. The van der Waals surface area contributed by atoms with Gasteiger partial charge in [0.15, 0.2) is 0 Å². The molecule has 0 aliphatic rings. The molecule has 0 bridgehead atoms. The third-order valence-corrected chi connectivity index (χ3v) is 6.13. The third kappa shape index (κ3) is 4.42. The van der Waals surface area contributed by atoms with E-state index in [2.05, 4.69) is 10.0 Å². The van der Waals surface area contributed by atoms with Crippen molar-refractivity contribution < 1.29 is 13.2 Å². The number of benzene rings is 3. The lowest BCUT2D eigenvalue weighted by atomic mass is 10.1. The summed E-state index contributed by atoms with van der Waals surface area (Å²) in [4.78, 5) is 11.5. The Morgan fingerprint density at radius 2 is 1.67 bits per heavy atom. The van der Waals surface area contributed by atoms with Gasteiger partial charge in [-0.1, -0.05) is 53.5 Å². The van der Waals surface area contributed by atoms with E-state index in [0.717, 1.165) is 0 Å². The van der Waals surface area contributed by atoms with Crippen molar-refractivity contribution in [3.8, 4) is 0 Å². The molecule has 140 valence electrons. The number of fused-ring (bicyclic) bond motifs is 1. The summed E-state index contributed by atoms with van der Waals surface area (Å²) < 4.78 is 28.3. The fraction of sp³-hybridized carbons (Fsp3) is 0.105. The van der Waals surface area contributed by atoms with Crippen LogP contribution in [0.4, 0.5) is 5.69 Å². The van der Waals surface area contributed by atoms with Crippen LogP contribution in [-0.4, -0.2) is 14.3 Å². The Hall–Kier alpha value is -2.12. The van der Waals surface area contributed by atoms with Gasteiger partial charge in [-0.05, 0) is 29.8 Å². The monoisotopic (exact) mass is 422 g/mol. The second-order valence-electron chi connectivity index (χ2n) is 5.91. The van der Waals surface area contributed by atoms with Crippen molar-refractivity contribution in [3.63, 3.8) is 0 Å². The second kappa shape index (κ2) is 7.86. The Bertz CT molecular complexity index is 1130. The number of nitrogens with one attached hydrogen (secondary N) is 2. The third-order valence-electron chi connectivity index (χ3n) is 3.93. The minimum Gasteiger partial charge on any atom is -0.326 e. The van der Waals surface area contributed by atoms with Crippen molar-refractivity contribution in [2.45, 2.75) is 18.4 Å². The molecule has 3 aromatic carbocycles. The van der Waals surface area contributed by atoms with Gasteiger partial charge in [-0.2, -0.15) is 0 Å². The van der Waals surface area contributed by atoms with Crippen molar-refractivity contribution in [1.82, 2.24) is 4.72 Å². The van der Waals surface area contributed by atoms with Crippen molar-refractivity contribution in [2.24, 2.45) is 0 Å². The van der Waals surface area contributed by atoms with Crippen LogP contribution in [0.3, 0.4) is 0 Å². The predicted molar refractivity (Wildman–Crippen MR) is 109 cm³/mol. The molecule has 0 aliphatic heterocycles. The number of hydrogen-bond donors (Lipinski definition) is 2. The van der Waals surface area contributed by atoms with Crippen LogP contribution >= 0.6 is 23.2 Å². The van der Waals surface area contributed by atoms with E-state index >= 15 is 0 Å². The number of carbonyl (C=O) groups is 1. The van der Waals surface area contributed by atoms with E-state index in [1.165, 1.54) is 13.0 Å². The molecule has 3 rings (SSSR count). The van der Waals surface area contributed by atoms with Gasteiger partial charge in [-0.15, -0.1) is 0 Å². The minimum atomic E-state index is -3.79. The SMILES string of the molecule is CC(=O)Nc1cccc2c(S(=O)(=O)NCc3ccc(Cl)c(Cl)c3)cccc12. The summed E-state index contributed by atoms with van der Waals surface area (Å²) in [5.74, 6) is -0.228. The van der Waals surface area contributed by atoms with E-state index in [-0.39, 0.29) is 17.3 Å². The summed E-state index contributed by atoms with van der Waals surface area (Å²) in [7, 11) is -3.79. The average Bonchev–Trinajstić information content (AvgIpc) is 2.62. The van der Waals surface area contributed by atoms with Gasteiger partial charge in [-0.25, -0.2) is 13.1 Å². The van der Waals surface area contributed by atoms with Gasteiger partial charge in [0.1, 0.15) is 0 Å². The van der Waals surface area contributed by atoms with E-state index in [9.17, 15) is 13.2 Å². The maximum absolute atomic E-state index is 12.8. The fourth-order valence-corrected chi connectivity index (χ4v) is 4.28. The van der Waals surface area contributed by atoms with Gasteiger partial charge in [-0.3, -0.25) is 4.79 Å². The first kappa shape index (κ1) is 19.6. The summed E-state index contributed by atoms with van der Waals surface area (Å²) in [5.41, 5.74) is 1.24. The van der Waals surface area contributed by atoms with Crippen molar-refractivity contribution in [3.05, 3.63) is 70.2 Å². The van der Waals surface area contributed by atoms with E-state index in [4.69, 9.17) is 23.2 Å². The molecule has 0 heterocycles. The standard InChI is InChI=1S/C19H16Cl2N2O3S/c1-12(24)23-18-6-2-5-15-14(18)4-3-7-19(15)27(25,26)22-11-13-8-9-16(20)17(21)10-13/h2-10,22H,11H2,1H3,(H,23,24). The molecule has 0 aromatic heterocycles.